The van der Waals surface area contributed by atoms with Crippen LogP contribution in [0.15, 0.2) is 84.9 Å². The molecule has 1 saturated heterocycles. The van der Waals surface area contributed by atoms with Gasteiger partial charge in [0.25, 0.3) is 0 Å². The van der Waals surface area contributed by atoms with Gasteiger partial charge in [-0.1, -0.05) is 91.9 Å². The van der Waals surface area contributed by atoms with Crippen molar-refractivity contribution in [2.45, 2.75) is 51.0 Å². The lowest BCUT2D eigenvalue weighted by molar-refractivity contribution is -0.166. The lowest BCUT2D eigenvalue weighted by atomic mass is 9.84. The molecule has 0 spiro atoms. The lowest BCUT2D eigenvalue weighted by Crippen LogP contribution is -2.45. The molecule has 0 amide bonds. The van der Waals surface area contributed by atoms with Gasteiger partial charge < -0.3 is 9.64 Å². The van der Waals surface area contributed by atoms with Gasteiger partial charge in [-0.15, -0.1) is 12.4 Å². The van der Waals surface area contributed by atoms with Crippen LogP contribution in [-0.2, 0) is 28.0 Å². The summed E-state index contributed by atoms with van der Waals surface area (Å²) in [6, 6.07) is 28.0. The largest absolute Gasteiger partial charge is 0.454 e. The summed E-state index contributed by atoms with van der Waals surface area (Å²) in [5.41, 5.74) is 7.65. The summed E-state index contributed by atoms with van der Waals surface area (Å²) < 4.78 is 6.08. The zero-order valence-corrected chi connectivity index (χ0v) is 21.9. The molecule has 1 aliphatic carbocycles. The van der Waals surface area contributed by atoms with E-state index in [4.69, 9.17) is 4.74 Å². The summed E-state index contributed by atoms with van der Waals surface area (Å²) in [5, 5.41) is 0. The maximum absolute atomic E-state index is 12.3. The molecular weight excluding hydrogens is 466 g/mol. The molecule has 1 fully saturated rings. The topological polar surface area (TPSA) is 29.5 Å². The second-order valence-electron chi connectivity index (χ2n) is 9.75. The van der Waals surface area contributed by atoms with Crippen molar-refractivity contribution in [1.29, 1.82) is 0 Å². The van der Waals surface area contributed by atoms with E-state index in [0.29, 0.717) is 6.42 Å². The average molecular weight is 502 g/mol. The molecule has 0 atom stereocenters. The first kappa shape index (κ1) is 26.2. The van der Waals surface area contributed by atoms with Crippen LogP contribution in [0.2, 0.25) is 0 Å². The Balaban J connectivity index is 0.00000304. The Kier molecular flexibility index (Phi) is 8.66. The van der Waals surface area contributed by atoms with E-state index in [1.54, 1.807) is 0 Å². The van der Waals surface area contributed by atoms with Crippen molar-refractivity contribution in [3.63, 3.8) is 0 Å². The van der Waals surface area contributed by atoms with Crippen LogP contribution in [0.5, 0.6) is 0 Å². The van der Waals surface area contributed by atoms with E-state index in [9.17, 15) is 4.79 Å². The number of benzene rings is 3. The molecule has 3 aromatic carbocycles. The number of carbonyl (C=O) groups excluding carboxylic acids is 1. The van der Waals surface area contributed by atoms with E-state index in [0.717, 1.165) is 57.3 Å². The number of aryl methyl sites for hydroxylation is 2. The van der Waals surface area contributed by atoms with Crippen molar-refractivity contribution in [3.05, 3.63) is 113 Å². The van der Waals surface area contributed by atoms with E-state index in [1.807, 2.05) is 25.1 Å². The Labute approximate surface area is 221 Å². The summed E-state index contributed by atoms with van der Waals surface area (Å²) in [6.07, 6.45) is 7.72. The van der Waals surface area contributed by atoms with Crippen LogP contribution < -0.4 is 0 Å². The Bertz CT molecular complexity index is 1150. The SMILES string of the molecule is CCC(=O)OC1(c2ccccc2)CCN(CCC=C2c3ccccc3CCc3ccccc32)CC1.Cl. The number of hydrogen-bond acceptors (Lipinski definition) is 3. The average Bonchev–Trinajstić information content (AvgIpc) is 3.07. The number of fused-ring (bicyclic) bond motifs is 2. The number of likely N-dealkylation sites (tertiary alicyclic amines) is 1. The van der Waals surface area contributed by atoms with Crippen molar-refractivity contribution in [3.8, 4) is 0 Å². The number of carbonyl (C=O) groups is 1. The van der Waals surface area contributed by atoms with Gasteiger partial charge in [0, 0.05) is 38.9 Å². The van der Waals surface area contributed by atoms with Gasteiger partial charge in [0.15, 0.2) is 0 Å². The first-order valence-corrected chi connectivity index (χ1v) is 13.0. The van der Waals surface area contributed by atoms with E-state index in [2.05, 4.69) is 71.6 Å². The fourth-order valence-corrected chi connectivity index (χ4v) is 5.65. The molecule has 0 radical (unpaired) electrons. The molecule has 0 unspecified atom stereocenters. The number of piperidine rings is 1. The molecule has 3 nitrogen and oxygen atoms in total. The fraction of sp³-hybridized carbons (Fsp3) is 0.344. The molecule has 188 valence electrons. The minimum absolute atomic E-state index is 0. The number of halogens is 1. The van der Waals surface area contributed by atoms with Crippen molar-refractivity contribution >= 4 is 23.9 Å². The zero-order valence-electron chi connectivity index (χ0n) is 21.1. The molecule has 1 heterocycles. The van der Waals surface area contributed by atoms with Crippen LogP contribution in [-0.4, -0.2) is 30.5 Å². The highest BCUT2D eigenvalue weighted by Gasteiger charge is 2.39. The number of esters is 1. The molecule has 0 saturated carbocycles. The van der Waals surface area contributed by atoms with Crippen LogP contribution >= 0.6 is 12.4 Å². The summed E-state index contributed by atoms with van der Waals surface area (Å²) in [4.78, 5) is 14.8. The number of rotatable bonds is 6. The first-order chi connectivity index (χ1) is 17.2. The van der Waals surface area contributed by atoms with Crippen molar-refractivity contribution < 1.29 is 9.53 Å². The molecule has 36 heavy (non-hydrogen) atoms. The Morgan fingerprint density at radius 1 is 0.861 bits per heavy atom. The zero-order chi connectivity index (χ0) is 24.1. The van der Waals surface area contributed by atoms with E-state index < -0.39 is 5.60 Å². The third kappa shape index (κ3) is 5.58. The van der Waals surface area contributed by atoms with Gasteiger partial charge in [-0.3, -0.25) is 4.79 Å². The van der Waals surface area contributed by atoms with E-state index in [-0.39, 0.29) is 18.4 Å². The summed E-state index contributed by atoms with van der Waals surface area (Å²) >= 11 is 0. The van der Waals surface area contributed by atoms with Gasteiger partial charge in [0.2, 0.25) is 0 Å². The van der Waals surface area contributed by atoms with Crippen LogP contribution in [0.3, 0.4) is 0 Å². The summed E-state index contributed by atoms with van der Waals surface area (Å²) in [5.74, 6) is -0.113. The monoisotopic (exact) mass is 501 g/mol. The van der Waals surface area contributed by atoms with Crippen LogP contribution in [0, 0.1) is 0 Å². The Hall–Kier alpha value is -2.88. The molecule has 5 rings (SSSR count). The standard InChI is InChI=1S/C32H35NO2.ClH/c1-2-31(34)35-32(27-13-4-3-5-14-27)20-23-33(24-21-32)22-10-17-30-28-15-8-6-11-25(28)18-19-26-12-7-9-16-29(26)30;/h3-9,11-17H,2,10,18-24H2,1H3;1H. The highest BCUT2D eigenvalue weighted by Crippen LogP contribution is 2.38. The molecule has 1 aliphatic heterocycles. The quantitative estimate of drug-likeness (QED) is 0.341. The maximum Gasteiger partial charge on any atom is 0.306 e. The molecule has 2 aliphatic rings. The molecule has 0 aromatic heterocycles. The van der Waals surface area contributed by atoms with E-state index >= 15 is 0 Å². The minimum atomic E-state index is -0.498. The Morgan fingerprint density at radius 2 is 1.42 bits per heavy atom. The lowest BCUT2D eigenvalue weighted by Gasteiger charge is -2.41. The van der Waals surface area contributed by atoms with E-state index in [1.165, 1.54) is 27.8 Å². The molecule has 4 heteroatoms. The van der Waals surface area contributed by atoms with Gasteiger partial charge in [-0.2, -0.15) is 0 Å². The van der Waals surface area contributed by atoms with Gasteiger partial charge in [-0.25, -0.2) is 0 Å². The maximum atomic E-state index is 12.3. The smallest absolute Gasteiger partial charge is 0.306 e. The molecule has 0 N–H and O–H groups in total. The summed E-state index contributed by atoms with van der Waals surface area (Å²) in [6.45, 7) is 4.75. The van der Waals surface area contributed by atoms with Crippen molar-refractivity contribution in [2.75, 3.05) is 19.6 Å². The van der Waals surface area contributed by atoms with Crippen molar-refractivity contribution in [2.24, 2.45) is 0 Å². The molecule has 3 aromatic rings. The second-order valence-corrected chi connectivity index (χ2v) is 9.75. The number of hydrogen-bond donors (Lipinski definition) is 0. The van der Waals surface area contributed by atoms with Gasteiger partial charge in [-0.05, 0) is 52.7 Å². The first-order valence-electron chi connectivity index (χ1n) is 13.0. The van der Waals surface area contributed by atoms with Crippen LogP contribution in [0.1, 0.15) is 60.4 Å². The third-order valence-electron chi connectivity index (χ3n) is 7.63. The molecule has 0 bridgehead atoms. The summed E-state index contributed by atoms with van der Waals surface area (Å²) in [7, 11) is 0. The number of nitrogens with zero attached hydrogens (tertiary/aromatic N) is 1. The second kappa shape index (κ2) is 11.9. The van der Waals surface area contributed by atoms with Gasteiger partial charge in [0.1, 0.15) is 5.60 Å². The highest BCUT2D eigenvalue weighted by atomic mass is 35.5. The highest BCUT2D eigenvalue weighted by molar-refractivity contribution is 5.85. The normalized spacial score (nSPS) is 16.6. The fourth-order valence-electron chi connectivity index (χ4n) is 5.65. The Morgan fingerprint density at radius 3 is 2.00 bits per heavy atom. The predicted octanol–water partition coefficient (Wildman–Crippen LogP) is 6.97. The predicted molar refractivity (Wildman–Crippen MR) is 149 cm³/mol. The number of ether oxygens (including phenoxy) is 1. The minimum Gasteiger partial charge on any atom is -0.454 e. The van der Waals surface area contributed by atoms with Gasteiger partial charge >= 0.3 is 5.97 Å². The molecular formula is C32H36ClNO2. The van der Waals surface area contributed by atoms with Gasteiger partial charge in [0.05, 0.1) is 0 Å². The van der Waals surface area contributed by atoms with Crippen LogP contribution in [0.4, 0.5) is 0 Å². The van der Waals surface area contributed by atoms with Crippen LogP contribution in [0.25, 0.3) is 5.57 Å². The van der Waals surface area contributed by atoms with Crippen molar-refractivity contribution in [1.82, 2.24) is 4.90 Å². The third-order valence-corrected chi connectivity index (χ3v) is 7.63.